The van der Waals surface area contributed by atoms with Gasteiger partial charge in [0.05, 0.1) is 24.8 Å². The van der Waals surface area contributed by atoms with Gasteiger partial charge in [0, 0.05) is 12.1 Å². The maximum atomic E-state index is 13.4. The first kappa shape index (κ1) is 21.7. The second-order valence-electron chi connectivity index (χ2n) is 7.14. The molecule has 3 aromatic rings. The molecule has 0 unspecified atom stereocenters. The van der Waals surface area contributed by atoms with Crippen LogP contribution in [0.1, 0.15) is 11.1 Å². The topological polar surface area (TPSA) is 51.1 Å². The lowest BCUT2D eigenvalue weighted by Gasteiger charge is -2.15. The predicted octanol–water partition coefficient (Wildman–Crippen LogP) is 5.55. The van der Waals surface area contributed by atoms with Gasteiger partial charge in [-0.05, 0) is 60.2 Å². The van der Waals surface area contributed by atoms with E-state index in [9.17, 15) is 4.79 Å². The van der Waals surface area contributed by atoms with Gasteiger partial charge in [-0.3, -0.25) is 9.69 Å². The van der Waals surface area contributed by atoms with Gasteiger partial charge < -0.3 is 9.47 Å². The van der Waals surface area contributed by atoms with E-state index in [4.69, 9.17) is 14.5 Å². The van der Waals surface area contributed by atoms with Crippen molar-refractivity contribution in [3.05, 3.63) is 94.9 Å². The summed E-state index contributed by atoms with van der Waals surface area (Å²) in [5.74, 6) is 1.31. The predicted molar refractivity (Wildman–Crippen MR) is 131 cm³/mol. The van der Waals surface area contributed by atoms with Crippen LogP contribution in [0, 0.1) is 0 Å². The molecule has 1 fully saturated rings. The smallest absolute Gasteiger partial charge is 0.266 e. The Balaban J connectivity index is 1.67. The lowest BCUT2D eigenvalue weighted by molar-refractivity contribution is -0.122. The van der Waals surface area contributed by atoms with Crippen molar-refractivity contribution >= 4 is 34.6 Å². The molecule has 0 aromatic heterocycles. The maximum absolute atomic E-state index is 13.4. The average Bonchev–Trinajstić information content (AvgIpc) is 3.12. The number of nitrogens with zero attached hydrogens (tertiary/aromatic N) is 2. The van der Waals surface area contributed by atoms with Crippen molar-refractivity contribution < 1.29 is 14.3 Å². The van der Waals surface area contributed by atoms with Gasteiger partial charge in [-0.2, -0.15) is 0 Å². The molecule has 32 heavy (non-hydrogen) atoms. The molecule has 0 N–H and O–H groups in total. The van der Waals surface area contributed by atoms with Crippen molar-refractivity contribution in [2.24, 2.45) is 4.99 Å². The highest BCUT2D eigenvalue weighted by Crippen LogP contribution is 2.36. The molecule has 1 heterocycles. The first-order valence-electron chi connectivity index (χ1n) is 10.3. The summed E-state index contributed by atoms with van der Waals surface area (Å²) in [6, 6.07) is 25.4. The molecular weight excluding hydrogens is 420 g/mol. The van der Waals surface area contributed by atoms with Crippen molar-refractivity contribution in [1.82, 2.24) is 4.90 Å². The fraction of sp³-hybridized carbons (Fsp3) is 0.154. The zero-order chi connectivity index (χ0) is 22.3. The number of hydrogen-bond acceptors (Lipinski definition) is 5. The molecule has 0 aliphatic carbocycles. The van der Waals surface area contributed by atoms with Crippen molar-refractivity contribution in [2.45, 2.75) is 6.42 Å². The maximum Gasteiger partial charge on any atom is 0.266 e. The minimum atomic E-state index is -0.0644. The highest BCUT2D eigenvalue weighted by molar-refractivity contribution is 8.18. The molecule has 0 bridgehead atoms. The summed E-state index contributed by atoms with van der Waals surface area (Å²) in [4.78, 5) is 20.5. The van der Waals surface area contributed by atoms with Gasteiger partial charge in [-0.15, -0.1) is 0 Å². The Hall–Kier alpha value is -3.51. The van der Waals surface area contributed by atoms with Gasteiger partial charge in [0.2, 0.25) is 0 Å². The van der Waals surface area contributed by atoms with Gasteiger partial charge in [-0.1, -0.05) is 48.5 Å². The van der Waals surface area contributed by atoms with Crippen LogP contribution in [0.15, 0.2) is 88.8 Å². The number of rotatable bonds is 7. The van der Waals surface area contributed by atoms with Crippen LogP contribution < -0.4 is 9.47 Å². The summed E-state index contributed by atoms with van der Waals surface area (Å²) >= 11 is 1.38. The second kappa shape index (κ2) is 10.2. The SMILES string of the molecule is COc1ccc(OC)c(/C=C2\SC(=Nc3ccccc3)N(CCc3ccccc3)C2=O)c1. The van der Waals surface area contributed by atoms with E-state index in [0.29, 0.717) is 28.1 Å². The van der Waals surface area contributed by atoms with Crippen molar-refractivity contribution in [3.63, 3.8) is 0 Å². The third-order valence-corrected chi connectivity index (χ3v) is 6.07. The zero-order valence-electron chi connectivity index (χ0n) is 18.0. The van der Waals surface area contributed by atoms with Gasteiger partial charge in [0.1, 0.15) is 11.5 Å². The normalized spacial score (nSPS) is 16.1. The zero-order valence-corrected chi connectivity index (χ0v) is 18.8. The monoisotopic (exact) mass is 444 g/mol. The lowest BCUT2D eigenvalue weighted by atomic mass is 10.1. The van der Waals surface area contributed by atoms with Gasteiger partial charge in [0.25, 0.3) is 5.91 Å². The summed E-state index contributed by atoms with van der Waals surface area (Å²) in [7, 11) is 3.23. The Bertz CT molecular complexity index is 1140. The Morgan fingerprint density at radius 3 is 2.34 bits per heavy atom. The van der Waals surface area contributed by atoms with Crippen LogP contribution in [0.4, 0.5) is 5.69 Å². The Morgan fingerprint density at radius 2 is 1.66 bits per heavy atom. The number of benzene rings is 3. The molecule has 1 aliphatic rings. The van der Waals surface area contributed by atoms with Crippen molar-refractivity contribution in [3.8, 4) is 11.5 Å². The number of ether oxygens (including phenoxy) is 2. The van der Waals surface area contributed by atoms with Crippen molar-refractivity contribution in [2.75, 3.05) is 20.8 Å². The summed E-state index contributed by atoms with van der Waals surface area (Å²) in [5, 5.41) is 0.672. The van der Waals surface area contributed by atoms with Crippen molar-refractivity contribution in [1.29, 1.82) is 0 Å². The number of carbonyl (C=O) groups is 1. The molecule has 5 nitrogen and oxygen atoms in total. The minimum Gasteiger partial charge on any atom is -0.497 e. The number of methoxy groups -OCH3 is 2. The average molecular weight is 445 g/mol. The highest BCUT2D eigenvalue weighted by Gasteiger charge is 2.33. The van der Waals surface area contributed by atoms with E-state index < -0.39 is 0 Å². The van der Waals surface area contributed by atoms with E-state index in [1.807, 2.05) is 72.8 Å². The molecule has 6 heteroatoms. The molecule has 0 radical (unpaired) electrons. The first-order valence-corrected chi connectivity index (χ1v) is 11.1. The summed E-state index contributed by atoms with van der Waals surface area (Å²) in [5.41, 5.74) is 2.77. The first-order chi connectivity index (χ1) is 15.7. The molecule has 0 atom stereocenters. The number of hydrogen-bond donors (Lipinski definition) is 0. The Morgan fingerprint density at radius 1 is 0.938 bits per heavy atom. The fourth-order valence-corrected chi connectivity index (χ4v) is 4.40. The molecule has 1 amide bonds. The van der Waals surface area contributed by atoms with E-state index in [1.54, 1.807) is 19.1 Å². The van der Waals surface area contributed by atoms with E-state index in [1.165, 1.54) is 17.3 Å². The van der Waals surface area contributed by atoms with Crippen LogP contribution in [-0.4, -0.2) is 36.7 Å². The Kier molecular flexibility index (Phi) is 6.92. The Labute approximate surface area is 192 Å². The standard InChI is InChI=1S/C26H24N2O3S/c1-30-22-13-14-23(31-2)20(17-22)18-24-25(29)28(16-15-19-9-5-3-6-10-19)26(32-24)27-21-11-7-4-8-12-21/h3-14,17-18H,15-16H2,1-2H3/b24-18-,27-26?. The summed E-state index contributed by atoms with van der Waals surface area (Å²) < 4.78 is 10.8. The minimum absolute atomic E-state index is 0.0644. The number of aliphatic imine (C=N–C) groups is 1. The number of thioether (sulfide) groups is 1. The van der Waals surface area contributed by atoms with Crippen LogP contribution in [0.5, 0.6) is 11.5 Å². The molecule has 1 aliphatic heterocycles. The number of para-hydroxylation sites is 1. The third-order valence-electron chi connectivity index (χ3n) is 5.06. The summed E-state index contributed by atoms with van der Waals surface area (Å²) in [6.07, 6.45) is 2.59. The van der Waals surface area contributed by atoms with Gasteiger partial charge in [0.15, 0.2) is 5.17 Å². The molecular formula is C26H24N2O3S. The fourth-order valence-electron chi connectivity index (χ4n) is 3.38. The second-order valence-corrected chi connectivity index (χ2v) is 8.15. The van der Waals surface area contributed by atoms with Crippen LogP contribution in [-0.2, 0) is 11.2 Å². The number of amidine groups is 1. The van der Waals surface area contributed by atoms with E-state index in [0.717, 1.165) is 17.7 Å². The number of amides is 1. The van der Waals surface area contributed by atoms with Crippen LogP contribution >= 0.6 is 11.8 Å². The lowest BCUT2D eigenvalue weighted by Crippen LogP contribution is -2.31. The largest absolute Gasteiger partial charge is 0.497 e. The molecule has 162 valence electrons. The molecule has 0 saturated carbocycles. The molecule has 0 spiro atoms. The molecule has 1 saturated heterocycles. The molecule has 3 aromatic carbocycles. The summed E-state index contributed by atoms with van der Waals surface area (Å²) in [6.45, 7) is 0.550. The number of carbonyl (C=O) groups excluding carboxylic acids is 1. The van der Waals surface area contributed by atoms with Crippen LogP contribution in [0.2, 0.25) is 0 Å². The highest BCUT2D eigenvalue weighted by atomic mass is 32.2. The quantitative estimate of drug-likeness (QED) is 0.448. The molecule has 4 rings (SSSR count). The van der Waals surface area contributed by atoms with E-state index >= 15 is 0 Å². The van der Waals surface area contributed by atoms with E-state index in [2.05, 4.69) is 12.1 Å². The van der Waals surface area contributed by atoms with Gasteiger partial charge >= 0.3 is 0 Å². The van der Waals surface area contributed by atoms with Crippen LogP contribution in [0.3, 0.4) is 0 Å². The van der Waals surface area contributed by atoms with E-state index in [-0.39, 0.29) is 5.91 Å². The van der Waals surface area contributed by atoms with Crippen LogP contribution in [0.25, 0.3) is 6.08 Å². The van der Waals surface area contributed by atoms with Gasteiger partial charge in [-0.25, -0.2) is 4.99 Å². The third kappa shape index (κ3) is 5.03.